The zero-order valence-corrected chi connectivity index (χ0v) is 22.9. The molecule has 0 radical (unpaired) electrons. The van der Waals surface area contributed by atoms with Crippen LogP contribution in [0.2, 0.25) is 0 Å². The van der Waals surface area contributed by atoms with E-state index in [9.17, 15) is 4.79 Å². The van der Waals surface area contributed by atoms with E-state index in [0.717, 1.165) is 48.6 Å². The molecule has 0 aromatic heterocycles. The van der Waals surface area contributed by atoms with Crippen LogP contribution in [0, 0.1) is 0 Å². The van der Waals surface area contributed by atoms with Gasteiger partial charge in [0.2, 0.25) is 0 Å². The molecule has 2 unspecified atom stereocenters. The number of esters is 1. The molecule has 3 aromatic carbocycles. The second-order valence-electron chi connectivity index (χ2n) is 9.85. The van der Waals surface area contributed by atoms with Gasteiger partial charge in [-0.3, -0.25) is 0 Å². The van der Waals surface area contributed by atoms with Crippen molar-refractivity contribution in [2.75, 3.05) is 46.6 Å². The van der Waals surface area contributed by atoms with Crippen LogP contribution < -0.4 is 19.5 Å². The quantitative estimate of drug-likeness (QED) is 0.226. The fourth-order valence-electron chi connectivity index (χ4n) is 5.16. The highest BCUT2D eigenvalue weighted by atomic mass is 16.5. The molecule has 1 fully saturated rings. The number of rotatable bonds is 14. The van der Waals surface area contributed by atoms with Crippen molar-refractivity contribution in [2.24, 2.45) is 0 Å². The maximum atomic E-state index is 11.8. The fraction of sp³-hybridized carbons (Fsp3) is 0.406. The monoisotopic (exact) mass is 547 g/mol. The number of carbonyl (C=O) groups excluding carboxylic acids is 1. The molecule has 8 nitrogen and oxygen atoms in total. The molecule has 212 valence electrons. The number of hydrogen-bond acceptors (Lipinski definition) is 8. The minimum atomic E-state index is -0.293. The van der Waals surface area contributed by atoms with E-state index in [4.69, 9.17) is 28.4 Å². The van der Waals surface area contributed by atoms with Crippen LogP contribution in [-0.4, -0.2) is 58.7 Å². The molecule has 40 heavy (non-hydrogen) atoms. The van der Waals surface area contributed by atoms with Crippen LogP contribution in [0.4, 0.5) is 0 Å². The van der Waals surface area contributed by atoms with Crippen LogP contribution in [0.5, 0.6) is 17.2 Å². The fourth-order valence-corrected chi connectivity index (χ4v) is 5.16. The lowest BCUT2D eigenvalue weighted by atomic mass is 9.88. The number of methoxy groups -OCH3 is 1. The number of carbonyl (C=O) groups is 1. The van der Waals surface area contributed by atoms with Gasteiger partial charge in [0.1, 0.15) is 30.5 Å². The first-order valence-electron chi connectivity index (χ1n) is 13.9. The van der Waals surface area contributed by atoms with Gasteiger partial charge in [0.15, 0.2) is 0 Å². The van der Waals surface area contributed by atoms with Gasteiger partial charge in [0.05, 0.1) is 45.2 Å². The molecule has 0 bridgehead atoms. The Bertz CT molecular complexity index is 1250. The predicted octanol–water partition coefficient (Wildman–Crippen LogP) is 4.89. The lowest BCUT2D eigenvalue weighted by Crippen LogP contribution is -2.41. The van der Waals surface area contributed by atoms with Crippen LogP contribution in [0.25, 0.3) is 0 Å². The highest BCUT2D eigenvalue weighted by molar-refractivity contribution is 5.94. The topological polar surface area (TPSA) is 84.5 Å². The van der Waals surface area contributed by atoms with E-state index < -0.39 is 0 Å². The first-order valence-corrected chi connectivity index (χ1v) is 13.9. The van der Waals surface area contributed by atoms with E-state index in [1.807, 2.05) is 48.5 Å². The van der Waals surface area contributed by atoms with Crippen LogP contribution in [0.1, 0.15) is 45.8 Å². The highest BCUT2D eigenvalue weighted by Gasteiger charge is 2.28. The van der Waals surface area contributed by atoms with Gasteiger partial charge in [-0.15, -0.1) is 0 Å². The second kappa shape index (κ2) is 14.2. The van der Waals surface area contributed by atoms with E-state index in [2.05, 4.69) is 17.4 Å². The van der Waals surface area contributed by atoms with Gasteiger partial charge >= 0.3 is 5.97 Å². The van der Waals surface area contributed by atoms with Gasteiger partial charge in [0.25, 0.3) is 0 Å². The molecule has 0 spiro atoms. The smallest absolute Gasteiger partial charge is 0.339 e. The lowest BCUT2D eigenvalue weighted by molar-refractivity contribution is 0.00708. The summed E-state index contributed by atoms with van der Waals surface area (Å²) >= 11 is 0. The average Bonchev–Trinajstić information content (AvgIpc) is 3.39. The molecule has 5 rings (SSSR count). The van der Waals surface area contributed by atoms with Crippen LogP contribution in [0.15, 0.2) is 66.7 Å². The Hall–Kier alpha value is -3.59. The van der Waals surface area contributed by atoms with Crippen molar-refractivity contribution in [3.63, 3.8) is 0 Å². The summed E-state index contributed by atoms with van der Waals surface area (Å²) in [6, 6.07) is 21.7. The van der Waals surface area contributed by atoms with E-state index in [0.29, 0.717) is 50.3 Å². The number of piperidine rings is 1. The van der Waals surface area contributed by atoms with E-state index in [-0.39, 0.29) is 18.7 Å². The van der Waals surface area contributed by atoms with Gasteiger partial charge < -0.3 is 33.7 Å². The number of benzene rings is 3. The van der Waals surface area contributed by atoms with Crippen LogP contribution >= 0.6 is 0 Å². The summed E-state index contributed by atoms with van der Waals surface area (Å²) in [5.74, 6) is 2.39. The number of fused-ring (bicyclic) bond motifs is 1. The molecule has 0 saturated carbocycles. The third kappa shape index (κ3) is 7.13. The number of cyclic esters (lactones) is 1. The Labute approximate surface area is 235 Å². The molecule has 1 N–H and O–H groups in total. The van der Waals surface area contributed by atoms with Crippen molar-refractivity contribution in [3.05, 3.63) is 89.0 Å². The summed E-state index contributed by atoms with van der Waals surface area (Å²) in [7, 11) is 1.67. The van der Waals surface area contributed by atoms with Crippen LogP contribution in [0.3, 0.4) is 0 Å². The van der Waals surface area contributed by atoms with Crippen molar-refractivity contribution < 1.29 is 33.2 Å². The number of ether oxygens (including phenoxy) is 6. The van der Waals surface area contributed by atoms with Gasteiger partial charge in [0, 0.05) is 30.0 Å². The standard InChI is InChI=1S/C32H37NO7/c1-35-29-8-3-2-6-24(29)21-36-16-5-17-37-25-12-10-23(11-13-25)26-14-15-33-20-31(26)39-19-18-38-30-9-4-7-27-28(30)22-40-32(27)34/h2-4,6-13,26,31,33H,5,14-22H2,1H3. The Balaban J connectivity index is 1.03. The van der Waals surface area contributed by atoms with Crippen molar-refractivity contribution in [1.29, 1.82) is 0 Å². The summed E-state index contributed by atoms with van der Waals surface area (Å²) in [5, 5.41) is 3.44. The van der Waals surface area contributed by atoms with Gasteiger partial charge in [-0.1, -0.05) is 36.4 Å². The SMILES string of the molecule is COc1ccccc1COCCCOc1ccc(C2CCNCC2OCCOc2cccc3c2COC3=O)cc1. The Morgan fingerprint density at radius 1 is 0.900 bits per heavy atom. The van der Waals surface area contributed by atoms with Crippen LogP contribution in [-0.2, 0) is 27.4 Å². The molecule has 2 aliphatic rings. The van der Waals surface area contributed by atoms with E-state index in [1.54, 1.807) is 13.2 Å². The molecule has 2 atom stereocenters. The summed E-state index contributed by atoms with van der Waals surface area (Å²) in [5.41, 5.74) is 3.69. The first kappa shape index (κ1) is 28.0. The first-order chi connectivity index (χ1) is 19.7. The molecule has 3 aromatic rings. The minimum Gasteiger partial charge on any atom is -0.496 e. The average molecular weight is 548 g/mol. The Morgan fingerprint density at radius 2 is 1.75 bits per heavy atom. The summed E-state index contributed by atoms with van der Waals surface area (Å²) in [6.07, 6.45) is 1.86. The second-order valence-corrected chi connectivity index (χ2v) is 9.85. The van der Waals surface area contributed by atoms with Gasteiger partial charge in [-0.2, -0.15) is 0 Å². The van der Waals surface area contributed by atoms with E-state index >= 15 is 0 Å². The molecule has 2 aliphatic heterocycles. The van der Waals surface area contributed by atoms with Crippen molar-refractivity contribution >= 4 is 5.97 Å². The highest BCUT2D eigenvalue weighted by Crippen LogP contribution is 2.31. The number of para-hydroxylation sites is 1. The summed E-state index contributed by atoms with van der Waals surface area (Å²) in [6.45, 7) is 4.61. The summed E-state index contributed by atoms with van der Waals surface area (Å²) in [4.78, 5) is 11.8. The predicted molar refractivity (Wildman–Crippen MR) is 150 cm³/mol. The summed E-state index contributed by atoms with van der Waals surface area (Å²) < 4.78 is 34.4. The largest absolute Gasteiger partial charge is 0.496 e. The number of hydrogen-bond donors (Lipinski definition) is 1. The molecule has 2 heterocycles. The maximum absolute atomic E-state index is 11.8. The van der Waals surface area contributed by atoms with Crippen molar-refractivity contribution in [2.45, 2.75) is 38.1 Å². The van der Waals surface area contributed by atoms with E-state index in [1.165, 1.54) is 5.56 Å². The van der Waals surface area contributed by atoms with Gasteiger partial charge in [-0.25, -0.2) is 4.79 Å². The third-order valence-electron chi connectivity index (χ3n) is 7.26. The molecule has 8 heteroatoms. The third-order valence-corrected chi connectivity index (χ3v) is 7.26. The van der Waals surface area contributed by atoms with Crippen molar-refractivity contribution in [3.8, 4) is 17.2 Å². The normalized spacial score (nSPS) is 18.2. The van der Waals surface area contributed by atoms with Gasteiger partial charge in [-0.05, 0) is 48.9 Å². The zero-order chi connectivity index (χ0) is 27.6. The number of nitrogens with one attached hydrogen (secondary N) is 1. The minimum absolute atomic E-state index is 0.0518. The lowest BCUT2D eigenvalue weighted by Gasteiger charge is -2.32. The molecular weight excluding hydrogens is 510 g/mol. The Kier molecular flexibility index (Phi) is 9.90. The maximum Gasteiger partial charge on any atom is 0.339 e. The zero-order valence-electron chi connectivity index (χ0n) is 22.9. The molecule has 0 amide bonds. The Morgan fingerprint density at radius 3 is 2.62 bits per heavy atom. The van der Waals surface area contributed by atoms with Crippen molar-refractivity contribution in [1.82, 2.24) is 5.32 Å². The molecule has 0 aliphatic carbocycles. The molecule has 1 saturated heterocycles. The molecular formula is C32H37NO7.